The van der Waals surface area contributed by atoms with Crippen molar-refractivity contribution in [1.29, 1.82) is 5.26 Å². The molecule has 5 nitrogen and oxygen atoms in total. The Hall–Kier alpha value is -1.80. The zero-order valence-corrected chi connectivity index (χ0v) is 7.49. The summed E-state index contributed by atoms with van der Waals surface area (Å²) in [4.78, 5) is 10.5. The van der Waals surface area contributed by atoms with E-state index in [2.05, 4.69) is 5.32 Å². The van der Waals surface area contributed by atoms with Gasteiger partial charge in [0.15, 0.2) is 0 Å². The van der Waals surface area contributed by atoms with E-state index in [4.69, 9.17) is 14.8 Å². The van der Waals surface area contributed by atoms with Gasteiger partial charge in [-0.2, -0.15) is 5.26 Å². The van der Waals surface area contributed by atoms with Crippen LogP contribution in [0, 0.1) is 11.3 Å². The predicted molar refractivity (Wildman–Crippen MR) is 47.6 cm³/mol. The Labute approximate surface area is 80.9 Å². The van der Waals surface area contributed by atoms with Gasteiger partial charge in [0.2, 0.25) is 0 Å². The van der Waals surface area contributed by atoms with E-state index in [9.17, 15) is 4.79 Å². The van der Waals surface area contributed by atoms with E-state index in [0.29, 0.717) is 25.3 Å². The normalized spacial score (nSPS) is 9.64. The topological polar surface area (TPSA) is 86.3 Å². The molecule has 0 spiro atoms. The van der Waals surface area contributed by atoms with Crippen molar-refractivity contribution in [3.8, 4) is 6.07 Å². The molecule has 1 heterocycles. The minimum absolute atomic E-state index is 0.141. The van der Waals surface area contributed by atoms with Crippen LogP contribution < -0.4 is 5.32 Å². The van der Waals surface area contributed by atoms with Crippen molar-refractivity contribution in [2.24, 2.45) is 0 Å². The van der Waals surface area contributed by atoms with Gasteiger partial charge in [-0.15, -0.1) is 0 Å². The smallest absolute Gasteiger partial charge is 0.338 e. The van der Waals surface area contributed by atoms with Crippen LogP contribution in [0.3, 0.4) is 0 Å². The van der Waals surface area contributed by atoms with Gasteiger partial charge in [0.25, 0.3) is 0 Å². The Kier molecular flexibility index (Phi) is 3.70. The van der Waals surface area contributed by atoms with Crippen LogP contribution in [0.5, 0.6) is 0 Å². The molecule has 0 saturated heterocycles. The number of rotatable bonds is 5. The predicted octanol–water partition coefficient (Wildman–Crippen LogP) is 0.981. The molecule has 0 radical (unpaired) electrons. The largest absolute Gasteiger partial charge is 0.478 e. The van der Waals surface area contributed by atoms with Crippen LogP contribution in [-0.4, -0.2) is 17.6 Å². The Bertz CT molecular complexity index is 351. The van der Waals surface area contributed by atoms with Crippen molar-refractivity contribution in [3.63, 3.8) is 0 Å². The molecule has 0 aromatic carbocycles. The van der Waals surface area contributed by atoms with E-state index in [1.165, 1.54) is 12.3 Å². The lowest BCUT2D eigenvalue weighted by molar-refractivity contribution is 0.0696. The first-order valence-corrected chi connectivity index (χ1v) is 4.12. The quantitative estimate of drug-likeness (QED) is 0.682. The number of nitrogens with one attached hydrogen (secondary N) is 1. The molecule has 2 N–H and O–H groups in total. The van der Waals surface area contributed by atoms with Gasteiger partial charge < -0.3 is 14.8 Å². The Morgan fingerprint density at radius 2 is 2.50 bits per heavy atom. The zero-order valence-electron chi connectivity index (χ0n) is 7.49. The molecule has 0 aliphatic rings. The summed E-state index contributed by atoms with van der Waals surface area (Å²) in [5.74, 6) is -0.447. The van der Waals surface area contributed by atoms with Gasteiger partial charge in [-0.1, -0.05) is 0 Å². The molecule has 0 bridgehead atoms. The second-order valence-corrected chi connectivity index (χ2v) is 2.69. The highest BCUT2D eigenvalue weighted by atomic mass is 16.4. The van der Waals surface area contributed by atoms with Gasteiger partial charge in [0.1, 0.15) is 12.0 Å². The van der Waals surface area contributed by atoms with E-state index in [1.54, 1.807) is 0 Å². The number of nitrogens with zero attached hydrogens (tertiary/aromatic N) is 1. The first kappa shape index (κ1) is 10.3. The maximum absolute atomic E-state index is 10.5. The first-order valence-electron chi connectivity index (χ1n) is 4.12. The fourth-order valence-corrected chi connectivity index (χ4v) is 0.941. The zero-order chi connectivity index (χ0) is 10.4. The van der Waals surface area contributed by atoms with Gasteiger partial charge >= 0.3 is 5.97 Å². The van der Waals surface area contributed by atoms with Gasteiger partial charge in [0, 0.05) is 13.0 Å². The van der Waals surface area contributed by atoms with Crippen LogP contribution in [0.1, 0.15) is 22.5 Å². The lowest BCUT2D eigenvalue weighted by atomic mass is 10.3. The maximum Gasteiger partial charge on any atom is 0.338 e. The summed E-state index contributed by atoms with van der Waals surface area (Å²) in [6.07, 6.45) is 1.62. The van der Waals surface area contributed by atoms with Crippen molar-refractivity contribution < 1.29 is 14.3 Å². The molecular formula is C9H10N2O3. The minimum Gasteiger partial charge on any atom is -0.478 e. The number of aromatic carboxylic acids is 1. The van der Waals surface area contributed by atoms with Crippen molar-refractivity contribution >= 4 is 5.97 Å². The Balaban J connectivity index is 2.37. The van der Waals surface area contributed by atoms with Crippen LogP contribution in [0.4, 0.5) is 0 Å². The average Bonchev–Trinajstić information content (AvgIpc) is 2.61. The summed E-state index contributed by atoms with van der Waals surface area (Å²) in [6.45, 7) is 1.01. The first-order chi connectivity index (χ1) is 6.74. The van der Waals surface area contributed by atoms with Crippen LogP contribution >= 0.6 is 0 Å². The van der Waals surface area contributed by atoms with Crippen molar-refractivity contribution in [2.75, 3.05) is 6.54 Å². The molecule has 74 valence electrons. The highest BCUT2D eigenvalue weighted by Crippen LogP contribution is 2.07. The summed E-state index contributed by atoms with van der Waals surface area (Å²) in [5, 5.41) is 19.8. The third-order valence-corrected chi connectivity index (χ3v) is 1.61. The fraction of sp³-hybridized carbons (Fsp3) is 0.333. The summed E-state index contributed by atoms with van der Waals surface area (Å²) >= 11 is 0. The second-order valence-electron chi connectivity index (χ2n) is 2.69. The highest BCUT2D eigenvalue weighted by molar-refractivity contribution is 5.87. The van der Waals surface area contributed by atoms with E-state index < -0.39 is 5.97 Å². The van der Waals surface area contributed by atoms with Crippen LogP contribution in [0.2, 0.25) is 0 Å². The Morgan fingerprint density at radius 3 is 3.07 bits per heavy atom. The monoisotopic (exact) mass is 194 g/mol. The number of carbonyl (C=O) groups is 1. The average molecular weight is 194 g/mol. The second kappa shape index (κ2) is 5.04. The Morgan fingerprint density at radius 1 is 1.71 bits per heavy atom. The van der Waals surface area contributed by atoms with Crippen LogP contribution in [-0.2, 0) is 6.54 Å². The lowest BCUT2D eigenvalue weighted by Crippen LogP contribution is -2.13. The molecule has 0 fully saturated rings. The molecule has 0 amide bonds. The third-order valence-electron chi connectivity index (χ3n) is 1.61. The molecule has 1 rings (SSSR count). The summed E-state index contributed by atoms with van der Waals surface area (Å²) in [5.41, 5.74) is 0.141. The molecule has 0 aliphatic carbocycles. The fourth-order valence-electron chi connectivity index (χ4n) is 0.941. The molecule has 1 aromatic rings. The number of carboxylic acid groups (broad SMARTS) is 1. The standard InChI is InChI=1S/C9H10N2O3/c10-2-1-3-11-5-8-4-7(6-14-8)9(12)13/h4,6,11H,1,3,5H2,(H,12,13). The maximum atomic E-state index is 10.5. The van der Waals surface area contributed by atoms with Gasteiger partial charge in [-0.25, -0.2) is 4.79 Å². The van der Waals surface area contributed by atoms with Gasteiger partial charge in [-0.3, -0.25) is 0 Å². The van der Waals surface area contributed by atoms with Crippen LogP contribution in [0.15, 0.2) is 16.7 Å². The van der Waals surface area contributed by atoms with Gasteiger partial charge in [-0.05, 0) is 6.07 Å². The number of furan rings is 1. The molecule has 0 saturated carbocycles. The highest BCUT2D eigenvalue weighted by Gasteiger charge is 2.07. The molecule has 1 aromatic heterocycles. The third kappa shape index (κ3) is 2.92. The number of hydrogen-bond donors (Lipinski definition) is 2. The number of nitriles is 1. The van der Waals surface area contributed by atoms with Crippen molar-refractivity contribution in [1.82, 2.24) is 5.32 Å². The van der Waals surface area contributed by atoms with Crippen molar-refractivity contribution in [3.05, 3.63) is 23.7 Å². The summed E-state index contributed by atoms with van der Waals surface area (Å²) < 4.78 is 4.98. The van der Waals surface area contributed by atoms with E-state index in [0.717, 1.165) is 0 Å². The molecule has 14 heavy (non-hydrogen) atoms. The summed E-state index contributed by atoms with van der Waals surface area (Å²) in [6, 6.07) is 3.45. The minimum atomic E-state index is -1.00. The number of carboxylic acids is 1. The van der Waals surface area contributed by atoms with E-state index >= 15 is 0 Å². The lowest BCUT2D eigenvalue weighted by Gasteiger charge is -1.96. The molecule has 0 atom stereocenters. The molecule has 5 heteroatoms. The summed E-state index contributed by atoms with van der Waals surface area (Å²) in [7, 11) is 0. The SMILES string of the molecule is N#CCCNCc1cc(C(=O)O)co1. The van der Waals surface area contributed by atoms with Crippen molar-refractivity contribution in [2.45, 2.75) is 13.0 Å². The molecular weight excluding hydrogens is 184 g/mol. The van der Waals surface area contributed by atoms with E-state index in [1.807, 2.05) is 6.07 Å². The van der Waals surface area contributed by atoms with Gasteiger partial charge in [0.05, 0.1) is 18.2 Å². The molecule has 0 aliphatic heterocycles. The molecule has 0 unspecified atom stereocenters. The van der Waals surface area contributed by atoms with E-state index in [-0.39, 0.29) is 5.56 Å². The van der Waals surface area contributed by atoms with Crippen LogP contribution in [0.25, 0.3) is 0 Å². The number of hydrogen-bond acceptors (Lipinski definition) is 4.